The van der Waals surface area contributed by atoms with Crippen molar-refractivity contribution in [2.75, 3.05) is 0 Å². The standard InChI is InChI=1S/C7H14F2/c1-3-4-5-7(9)6(2)8/h6-7H,3-5H2,1-2H3. The molecular formula is C7H14F2. The van der Waals surface area contributed by atoms with Gasteiger partial charge >= 0.3 is 0 Å². The lowest BCUT2D eigenvalue weighted by Gasteiger charge is -2.06. The summed E-state index contributed by atoms with van der Waals surface area (Å²) in [6.07, 6.45) is -0.446. The van der Waals surface area contributed by atoms with Crippen molar-refractivity contribution in [3.63, 3.8) is 0 Å². The van der Waals surface area contributed by atoms with Crippen molar-refractivity contribution in [2.24, 2.45) is 0 Å². The van der Waals surface area contributed by atoms with Crippen LogP contribution in [0.2, 0.25) is 0 Å². The second kappa shape index (κ2) is 4.71. The molecule has 0 heterocycles. The molecule has 0 aliphatic carbocycles. The molecule has 0 nitrogen and oxygen atoms in total. The Labute approximate surface area is 55.3 Å². The first-order valence-corrected chi connectivity index (χ1v) is 3.46. The average molecular weight is 136 g/mol. The number of rotatable bonds is 4. The van der Waals surface area contributed by atoms with Crippen molar-refractivity contribution in [1.29, 1.82) is 0 Å². The maximum absolute atomic E-state index is 12.3. The van der Waals surface area contributed by atoms with Gasteiger partial charge < -0.3 is 0 Å². The topological polar surface area (TPSA) is 0 Å². The Morgan fingerprint density at radius 3 is 2.22 bits per heavy atom. The summed E-state index contributed by atoms with van der Waals surface area (Å²) in [7, 11) is 0. The van der Waals surface area contributed by atoms with Crippen molar-refractivity contribution in [3.05, 3.63) is 0 Å². The van der Waals surface area contributed by atoms with Crippen molar-refractivity contribution in [3.8, 4) is 0 Å². The summed E-state index contributed by atoms with van der Waals surface area (Å²) >= 11 is 0. The molecule has 0 saturated carbocycles. The van der Waals surface area contributed by atoms with Crippen molar-refractivity contribution < 1.29 is 8.78 Å². The van der Waals surface area contributed by atoms with Gasteiger partial charge in [0.1, 0.15) is 12.3 Å². The van der Waals surface area contributed by atoms with Crippen LogP contribution in [-0.4, -0.2) is 12.3 Å². The predicted octanol–water partition coefficient (Wildman–Crippen LogP) is 2.87. The molecule has 56 valence electrons. The molecule has 0 aromatic carbocycles. The van der Waals surface area contributed by atoms with Crippen LogP contribution in [-0.2, 0) is 0 Å². The van der Waals surface area contributed by atoms with Crippen LogP contribution in [0.3, 0.4) is 0 Å². The Morgan fingerprint density at radius 1 is 1.33 bits per heavy atom. The second-order valence-electron chi connectivity index (χ2n) is 2.34. The summed E-state index contributed by atoms with van der Waals surface area (Å²) in [5.74, 6) is 0. The molecule has 2 unspecified atom stereocenters. The molecule has 0 radical (unpaired) electrons. The average Bonchev–Trinajstić information content (AvgIpc) is 1.82. The van der Waals surface area contributed by atoms with E-state index in [1.807, 2.05) is 6.92 Å². The minimum absolute atomic E-state index is 0.369. The summed E-state index contributed by atoms with van der Waals surface area (Å²) in [6.45, 7) is 3.23. The first-order chi connectivity index (χ1) is 4.18. The highest BCUT2D eigenvalue weighted by atomic mass is 19.2. The van der Waals surface area contributed by atoms with Crippen LogP contribution >= 0.6 is 0 Å². The van der Waals surface area contributed by atoms with Gasteiger partial charge in [0.2, 0.25) is 0 Å². The summed E-state index contributed by atoms with van der Waals surface area (Å²) in [5, 5.41) is 0. The molecule has 0 rings (SSSR count). The maximum Gasteiger partial charge on any atom is 0.131 e. The van der Waals surface area contributed by atoms with Crippen molar-refractivity contribution in [1.82, 2.24) is 0 Å². The Morgan fingerprint density at radius 2 is 1.89 bits per heavy atom. The Balaban J connectivity index is 3.16. The Bertz CT molecular complexity index is 61.9. The highest BCUT2D eigenvalue weighted by Gasteiger charge is 2.12. The van der Waals surface area contributed by atoms with Crippen molar-refractivity contribution >= 4 is 0 Å². The van der Waals surface area contributed by atoms with E-state index in [-0.39, 0.29) is 0 Å². The largest absolute Gasteiger partial charge is 0.245 e. The van der Waals surface area contributed by atoms with E-state index in [4.69, 9.17) is 0 Å². The fraction of sp³-hybridized carbons (Fsp3) is 1.00. The molecule has 0 spiro atoms. The minimum atomic E-state index is -1.29. The van der Waals surface area contributed by atoms with Gasteiger partial charge in [-0.1, -0.05) is 19.8 Å². The molecular weight excluding hydrogens is 122 g/mol. The number of halogens is 2. The first-order valence-electron chi connectivity index (χ1n) is 3.46. The molecule has 0 N–H and O–H groups in total. The molecule has 0 amide bonds. The predicted molar refractivity (Wildman–Crippen MR) is 35.0 cm³/mol. The molecule has 0 bridgehead atoms. The third kappa shape index (κ3) is 4.37. The minimum Gasteiger partial charge on any atom is -0.245 e. The van der Waals surface area contributed by atoms with Crippen LogP contribution < -0.4 is 0 Å². The maximum atomic E-state index is 12.3. The lowest BCUT2D eigenvalue weighted by Crippen LogP contribution is -2.12. The molecule has 0 aliphatic rings. The third-order valence-corrected chi connectivity index (χ3v) is 1.33. The first kappa shape index (κ1) is 8.86. The monoisotopic (exact) mass is 136 g/mol. The van der Waals surface area contributed by atoms with Gasteiger partial charge in [0.05, 0.1) is 0 Å². The van der Waals surface area contributed by atoms with Gasteiger partial charge in [0, 0.05) is 0 Å². The lowest BCUT2D eigenvalue weighted by atomic mass is 10.1. The molecule has 2 atom stereocenters. The normalized spacial score (nSPS) is 17.3. The van der Waals surface area contributed by atoms with Crippen LogP contribution in [0.1, 0.15) is 33.1 Å². The number of alkyl halides is 2. The van der Waals surface area contributed by atoms with E-state index in [9.17, 15) is 8.78 Å². The molecule has 9 heavy (non-hydrogen) atoms. The Hall–Kier alpha value is -0.140. The molecule has 0 aliphatic heterocycles. The number of hydrogen-bond acceptors (Lipinski definition) is 0. The fourth-order valence-corrected chi connectivity index (χ4v) is 0.629. The van der Waals surface area contributed by atoms with Gasteiger partial charge in [-0.2, -0.15) is 0 Å². The zero-order valence-corrected chi connectivity index (χ0v) is 6.03. The third-order valence-electron chi connectivity index (χ3n) is 1.33. The molecule has 0 aromatic heterocycles. The fourth-order valence-electron chi connectivity index (χ4n) is 0.629. The summed E-state index contributed by atoms with van der Waals surface area (Å²) in [4.78, 5) is 0. The van der Waals surface area contributed by atoms with Crippen LogP contribution in [0, 0.1) is 0 Å². The Kier molecular flexibility index (Phi) is 4.64. The summed E-state index contributed by atoms with van der Waals surface area (Å²) < 4.78 is 24.4. The van der Waals surface area contributed by atoms with E-state index >= 15 is 0 Å². The SMILES string of the molecule is CCCCC(F)C(C)F. The van der Waals surface area contributed by atoms with Crippen LogP contribution in [0.4, 0.5) is 8.78 Å². The zero-order valence-electron chi connectivity index (χ0n) is 6.03. The van der Waals surface area contributed by atoms with Crippen LogP contribution in [0.5, 0.6) is 0 Å². The van der Waals surface area contributed by atoms with E-state index in [2.05, 4.69) is 0 Å². The zero-order chi connectivity index (χ0) is 7.28. The smallest absolute Gasteiger partial charge is 0.131 e. The molecule has 0 aromatic rings. The van der Waals surface area contributed by atoms with Crippen LogP contribution in [0.25, 0.3) is 0 Å². The van der Waals surface area contributed by atoms with E-state index in [0.29, 0.717) is 6.42 Å². The highest BCUT2D eigenvalue weighted by molar-refractivity contribution is 4.61. The lowest BCUT2D eigenvalue weighted by molar-refractivity contribution is 0.170. The van der Waals surface area contributed by atoms with Gasteiger partial charge in [0.15, 0.2) is 0 Å². The second-order valence-corrected chi connectivity index (χ2v) is 2.34. The highest BCUT2D eigenvalue weighted by Crippen LogP contribution is 2.10. The van der Waals surface area contributed by atoms with E-state index in [1.165, 1.54) is 6.92 Å². The molecule has 2 heteroatoms. The summed E-state index contributed by atoms with van der Waals surface area (Å²) in [5.41, 5.74) is 0. The van der Waals surface area contributed by atoms with Gasteiger partial charge in [-0.15, -0.1) is 0 Å². The van der Waals surface area contributed by atoms with E-state index < -0.39 is 12.3 Å². The summed E-state index contributed by atoms with van der Waals surface area (Å²) in [6, 6.07) is 0. The quantitative estimate of drug-likeness (QED) is 0.557. The van der Waals surface area contributed by atoms with E-state index in [0.717, 1.165) is 12.8 Å². The van der Waals surface area contributed by atoms with Gasteiger partial charge in [-0.05, 0) is 13.3 Å². The number of hydrogen-bond donors (Lipinski definition) is 0. The molecule has 0 fully saturated rings. The van der Waals surface area contributed by atoms with E-state index in [1.54, 1.807) is 0 Å². The van der Waals surface area contributed by atoms with Gasteiger partial charge in [-0.3, -0.25) is 0 Å². The molecule has 0 saturated heterocycles. The van der Waals surface area contributed by atoms with Crippen molar-refractivity contribution in [2.45, 2.75) is 45.5 Å². The van der Waals surface area contributed by atoms with Gasteiger partial charge in [0.25, 0.3) is 0 Å². The van der Waals surface area contributed by atoms with Gasteiger partial charge in [-0.25, -0.2) is 8.78 Å². The number of unbranched alkanes of at least 4 members (excludes halogenated alkanes) is 1. The van der Waals surface area contributed by atoms with Crippen LogP contribution in [0.15, 0.2) is 0 Å².